The third-order valence-corrected chi connectivity index (χ3v) is 6.36. The van der Waals surface area contributed by atoms with Gasteiger partial charge >= 0.3 is 0 Å². The molecule has 164 valence electrons. The van der Waals surface area contributed by atoms with Crippen LogP contribution in [0.25, 0.3) is 22.5 Å². The van der Waals surface area contributed by atoms with Crippen molar-refractivity contribution in [2.24, 2.45) is 0 Å². The number of aryl methyl sites for hydroxylation is 1. The van der Waals surface area contributed by atoms with Gasteiger partial charge in [-0.15, -0.1) is 0 Å². The zero-order valence-corrected chi connectivity index (χ0v) is 19.1. The van der Waals surface area contributed by atoms with Crippen molar-refractivity contribution >= 4 is 23.6 Å². The number of thioether (sulfide) groups is 1. The molecule has 0 spiro atoms. The Hall–Kier alpha value is -3.89. The van der Waals surface area contributed by atoms with Crippen LogP contribution < -0.4 is 5.32 Å². The highest BCUT2D eigenvalue weighted by molar-refractivity contribution is 8.00. The van der Waals surface area contributed by atoms with Gasteiger partial charge in [0.05, 0.1) is 5.25 Å². The average Bonchev–Trinajstić information content (AvgIpc) is 3.21. The fraction of sp³-hybridized carbons (Fsp3) is 0.154. The second-order valence-corrected chi connectivity index (χ2v) is 8.58. The zero-order chi connectivity index (χ0) is 23.2. The molecule has 1 unspecified atom stereocenters. The molecule has 0 fully saturated rings. The lowest BCUT2D eigenvalue weighted by Gasteiger charge is -2.13. The van der Waals surface area contributed by atoms with E-state index in [4.69, 9.17) is 4.42 Å². The van der Waals surface area contributed by atoms with E-state index in [0.29, 0.717) is 23.3 Å². The summed E-state index contributed by atoms with van der Waals surface area (Å²) in [5, 5.41) is 13.2. The molecule has 2 heterocycles. The van der Waals surface area contributed by atoms with Crippen LogP contribution in [0.3, 0.4) is 0 Å². The maximum absolute atomic E-state index is 13.1. The number of hydrogen-bond acceptors (Lipinski definition) is 6. The molecule has 4 aromatic rings. The Bertz CT molecular complexity index is 1300. The van der Waals surface area contributed by atoms with Crippen molar-refractivity contribution in [1.29, 1.82) is 5.26 Å². The summed E-state index contributed by atoms with van der Waals surface area (Å²) >= 11 is 1.36. The summed E-state index contributed by atoms with van der Waals surface area (Å²) in [4.78, 5) is 21.5. The van der Waals surface area contributed by atoms with E-state index in [2.05, 4.69) is 21.4 Å². The zero-order valence-electron chi connectivity index (χ0n) is 18.3. The van der Waals surface area contributed by atoms with E-state index < -0.39 is 5.25 Å². The van der Waals surface area contributed by atoms with Gasteiger partial charge in [-0.25, -0.2) is 9.97 Å². The van der Waals surface area contributed by atoms with Crippen LogP contribution in [0, 0.1) is 18.3 Å². The fourth-order valence-corrected chi connectivity index (χ4v) is 4.42. The molecule has 4 rings (SSSR count). The number of hydrogen-bond donors (Lipinski definition) is 1. The number of anilines is 1. The molecule has 2 aromatic heterocycles. The van der Waals surface area contributed by atoms with Gasteiger partial charge in [0.25, 0.3) is 0 Å². The summed E-state index contributed by atoms with van der Waals surface area (Å²) in [6.07, 6.45) is 2.07. The summed E-state index contributed by atoms with van der Waals surface area (Å²) in [7, 11) is 0. The highest BCUT2D eigenvalue weighted by Crippen LogP contribution is 2.41. The number of benzene rings is 2. The Morgan fingerprint density at radius 2 is 1.76 bits per heavy atom. The SMILES string of the molecule is CCC(Sc1cc(C)ncn1)C(=O)Nc1oc(-c2ccccc2)c(-c2ccccc2)c1C#N. The molecule has 2 aromatic carbocycles. The molecule has 0 saturated heterocycles. The normalized spacial score (nSPS) is 11.5. The summed E-state index contributed by atoms with van der Waals surface area (Å²) in [6.45, 7) is 3.81. The van der Waals surface area contributed by atoms with Crippen LogP contribution in [0.15, 0.2) is 82.5 Å². The van der Waals surface area contributed by atoms with E-state index in [9.17, 15) is 10.1 Å². The first-order valence-corrected chi connectivity index (χ1v) is 11.4. The standard InChI is InChI=1S/C26H22N4O2S/c1-3-21(33-22-14-17(2)28-16-29-22)25(31)30-26-20(15-27)23(18-10-6-4-7-11-18)24(32-26)19-12-8-5-9-13-19/h4-14,16,21H,3H2,1-2H3,(H,30,31). The number of rotatable bonds is 7. The summed E-state index contributed by atoms with van der Waals surface area (Å²) < 4.78 is 6.12. The third kappa shape index (κ3) is 4.97. The molecule has 0 saturated carbocycles. The van der Waals surface area contributed by atoms with Gasteiger partial charge in [0, 0.05) is 16.8 Å². The van der Waals surface area contributed by atoms with Crippen molar-refractivity contribution in [3.8, 4) is 28.5 Å². The molecule has 0 aliphatic heterocycles. The minimum Gasteiger partial charge on any atom is -0.438 e. The van der Waals surface area contributed by atoms with Gasteiger partial charge in [0.1, 0.15) is 28.7 Å². The van der Waals surface area contributed by atoms with Gasteiger partial charge in [-0.3, -0.25) is 10.1 Å². The first-order valence-electron chi connectivity index (χ1n) is 10.5. The number of carbonyl (C=O) groups excluding carboxylic acids is 1. The Balaban J connectivity index is 1.71. The van der Waals surface area contributed by atoms with E-state index in [0.717, 1.165) is 21.8 Å². The highest BCUT2D eigenvalue weighted by Gasteiger charge is 2.26. The number of nitriles is 1. The van der Waals surface area contributed by atoms with Crippen LogP contribution in [-0.2, 0) is 4.79 Å². The van der Waals surface area contributed by atoms with Crippen molar-refractivity contribution in [2.45, 2.75) is 30.5 Å². The predicted molar refractivity (Wildman–Crippen MR) is 130 cm³/mol. The molecule has 1 N–H and O–H groups in total. The van der Waals surface area contributed by atoms with E-state index in [1.165, 1.54) is 18.1 Å². The monoisotopic (exact) mass is 454 g/mol. The number of amides is 1. The third-order valence-electron chi connectivity index (χ3n) is 5.06. The van der Waals surface area contributed by atoms with Gasteiger partial charge in [0.2, 0.25) is 11.8 Å². The van der Waals surface area contributed by atoms with E-state index in [-0.39, 0.29) is 11.8 Å². The summed E-state index contributed by atoms with van der Waals surface area (Å²) in [5.74, 6) is 0.446. The molecule has 6 nitrogen and oxygen atoms in total. The first kappa shape index (κ1) is 22.3. The van der Waals surface area contributed by atoms with Gasteiger partial charge in [0.15, 0.2) is 0 Å². The van der Waals surface area contributed by atoms with Crippen molar-refractivity contribution in [2.75, 3.05) is 5.32 Å². The molecule has 33 heavy (non-hydrogen) atoms. The Labute approximate surface area is 196 Å². The van der Waals surface area contributed by atoms with Crippen molar-refractivity contribution < 1.29 is 9.21 Å². The maximum Gasteiger partial charge on any atom is 0.240 e. The number of aromatic nitrogens is 2. The largest absolute Gasteiger partial charge is 0.438 e. The quantitative estimate of drug-likeness (QED) is 0.268. The molecule has 1 atom stereocenters. The smallest absolute Gasteiger partial charge is 0.240 e. The predicted octanol–water partition coefficient (Wildman–Crippen LogP) is 6.09. The lowest BCUT2D eigenvalue weighted by Crippen LogP contribution is -2.24. The van der Waals surface area contributed by atoms with E-state index >= 15 is 0 Å². The molecule has 0 bridgehead atoms. The Morgan fingerprint density at radius 3 is 2.36 bits per heavy atom. The number of nitrogens with one attached hydrogen (secondary N) is 1. The molecular formula is C26H22N4O2S. The van der Waals surface area contributed by atoms with Crippen LogP contribution in [0.2, 0.25) is 0 Å². The lowest BCUT2D eigenvalue weighted by atomic mass is 9.98. The van der Waals surface area contributed by atoms with Crippen LogP contribution in [0.4, 0.5) is 5.88 Å². The Kier molecular flexibility index (Phi) is 6.86. The van der Waals surface area contributed by atoms with Gasteiger partial charge < -0.3 is 4.42 Å². The second kappa shape index (κ2) is 10.2. The molecule has 0 aliphatic rings. The van der Waals surface area contributed by atoms with Crippen molar-refractivity contribution in [3.05, 3.63) is 84.3 Å². The van der Waals surface area contributed by atoms with Crippen LogP contribution >= 0.6 is 11.8 Å². The average molecular weight is 455 g/mol. The molecule has 0 aliphatic carbocycles. The van der Waals surface area contributed by atoms with E-state index in [1.807, 2.05) is 80.6 Å². The van der Waals surface area contributed by atoms with Gasteiger partial charge in [-0.05, 0) is 25.0 Å². The van der Waals surface area contributed by atoms with Gasteiger partial charge in [-0.2, -0.15) is 5.26 Å². The van der Waals surface area contributed by atoms with Gasteiger partial charge in [-0.1, -0.05) is 79.3 Å². The van der Waals surface area contributed by atoms with Crippen LogP contribution in [0.5, 0.6) is 0 Å². The first-order chi connectivity index (χ1) is 16.1. The number of carbonyl (C=O) groups is 1. The van der Waals surface area contributed by atoms with Crippen molar-refractivity contribution in [3.63, 3.8) is 0 Å². The number of nitrogens with zero attached hydrogens (tertiary/aromatic N) is 3. The summed E-state index contributed by atoms with van der Waals surface area (Å²) in [6, 6.07) is 23.2. The maximum atomic E-state index is 13.1. The molecule has 0 radical (unpaired) electrons. The molecular weight excluding hydrogens is 432 g/mol. The minimum absolute atomic E-state index is 0.151. The topological polar surface area (TPSA) is 91.8 Å². The van der Waals surface area contributed by atoms with E-state index in [1.54, 1.807) is 0 Å². The summed E-state index contributed by atoms with van der Waals surface area (Å²) in [5.41, 5.74) is 3.46. The number of furan rings is 1. The fourth-order valence-electron chi connectivity index (χ4n) is 3.45. The lowest BCUT2D eigenvalue weighted by molar-refractivity contribution is -0.115. The molecule has 7 heteroatoms. The molecule has 1 amide bonds. The highest BCUT2D eigenvalue weighted by atomic mass is 32.2. The van der Waals surface area contributed by atoms with Crippen LogP contribution in [-0.4, -0.2) is 21.1 Å². The second-order valence-electron chi connectivity index (χ2n) is 7.36. The Morgan fingerprint density at radius 1 is 1.09 bits per heavy atom. The van der Waals surface area contributed by atoms with Crippen LogP contribution in [0.1, 0.15) is 24.6 Å². The van der Waals surface area contributed by atoms with Crippen molar-refractivity contribution in [1.82, 2.24) is 9.97 Å². The minimum atomic E-state index is -0.406.